The molecule has 0 aliphatic rings. The number of H-pyrrole nitrogens is 1. The molecule has 0 radical (unpaired) electrons. The van der Waals surface area contributed by atoms with Crippen molar-refractivity contribution in [3.8, 4) is 16.9 Å². The highest BCUT2D eigenvalue weighted by Gasteiger charge is 2.18. The molecule has 0 spiro atoms. The highest BCUT2D eigenvalue weighted by Crippen LogP contribution is 2.40. The Hall–Kier alpha value is -1.97. The van der Waals surface area contributed by atoms with Gasteiger partial charge in [-0.2, -0.15) is 5.10 Å². The van der Waals surface area contributed by atoms with Crippen LogP contribution < -0.4 is 10.5 Å². The number of hydrogen-bond donors (Lipinski definition) is 2. The molecular weight excluding hydrogens is 226 g/mol. The molecule has 0 aliphatic carbocycles. The molecule has 0 unspecified atom stereocenters. The Morgan fingerprint density at radius 1 is 1.33 bits per heavy atom. The number of aromatic amines is 1. The largest absolute Gasteiger partial charge is 0.496 e. The van der Waals surface area contributed by atoms with Crippen molar-refractivity contribution >= 4 is 5.82 Å². The third-order valence-corrected chi connectivity index (χ3v) is 3.16. The summed E-state index contributed by atoms with van der Waals surface area (Å²) < 4.78 is 5.60. The van der Waals surface area contributed by atoms with Gasteiger partial charge >= 0.3 is 0 Å². The predicted octanol–water partition coefficient (Wildman–Crippen LogP) is 3.10. The normalized spacial score (nSPS) is 10.9. The van der Waals surface area contributed by atoms with Crippen molar-refractivity contribution in [3.63, 3.8) is 0 Å². The number of anilines is 1. The maximum absolute atomic E-state index is 5.92. The first kappa shape index (κ1) is 12.5. The van der Waals surface area contributed by atoms with Gasteiger partial charge in [-0.15, -0.1) is 0 Å². The van der Waals surface area contributed by atoms with E-state index in [9.17, 15) is 0 Å². The Bertz CT molecular complexity index is 558. The summed E-state index contributed by atoms with van der Waals surface area (Å²) in [7, 11) is 1.69. The molecular formula is C14H19N3O. The zero-order chi connectivity index (χ0) is 13.3. The zero-order valence-electron chi connectivity index (χ0n) is 11.2. The van der Waals surface area contributed by atoms with Gasteiger partial charge in [-0.1, -0.05) is 26.0 Å². The number of rotatable bonds is 3. The second-order valence-corrected chi connectivity index (χ2v) is 4.73. The van der Waals surface area contributed by atoms with Gasteiger partial charge < -0.3 is 10.5 Å². The van der Waals surface area contributed by atoms with E-state index in [2.05, 4.69) is 43.1 Å². The van der Waals surface area contributed by atoms with E-state index in [1.54, 1.807) is 13.3 Å². The number of hydrogen-bond acceptors (Lipinski definition) is 3. The Kier molecular flexibility index (Phi) is 3.28. The number of nitrogens with one attached hydrogen (secondary N) is 1. The van der Waals surface area contributed by atoms with Gasteiger partial charge in [-0.25, -0.2) is 0 Å². The average molecular weight is 245 g/mol. The van der Waals surface area contributed by atoms with E-state index >= 15 is 0 Å². The molecule has 0 aliphatic heterocycles. The minimum atomic E-state index is 0.396. The van der Waals surface area contributed by atoms with Crippen LogP contribution in [0.1, 0.15) is 30.9 Å². The highest BCUT2D eigenvalue weighted by atomic mass is 16.5. The van der Waals surface area contributed by atoms with Crippen LogP contribution in [0.15, 0.2) is 18.3 Å². The van der Waals surface area contributed by atoms with E-state index in [4.69, 9.17) is 10.5 Å². The van der Waals surface area contributed by atoms with Crippen LogP contribution in [-0.4, -0.2) is 17.3 Å². The number of ether oxygens (including phenoxy) is 1. The number of benzene rings is 1. The van der Waals surface area contributed by atoms with Gasteiger partial charge in [0.25, 0.3) is 0 Å². The van der Waals surface area contributed by atoms with E-state index in [0.717, 1.165) is 22.4 Å². The number of aromatic nitrogens is 2. The van der Waals surface area contributed by atoms with Gasteiger partial charge in [-0.3, -0.25) is 5.10 Å². The topological polar surface area (TPSA) is 63.9 Å². The summed E-state index contributed by atoms with van der Waals surface area (Å²) in [6, 6.07) is 4.21. The van der Waals surface area contributed by atoms with Gasteiger partial charge in [0.15, 0.2) is 0 Å². The summed E-state index contributed by atoms with van der Waals surface area (Å²) in [5.74, 6) is 1.85. The van der Waals surface area contributed by atoms with Crippen molar-refractivity contribution < 1.29 is 4.74 Å². The first-order valence-electron chi connectivity index (χ1n) is 6.03. The summed E-state index contributed by atoms with van der Waals surface area (Å²) in [4.78, 5) is 0. The lowest BCUT2D eigenvalue weighted by Crippen LogP contribution is -1.99. The number of nitrogens with two attached hydrogens (primary N) is 1. The summed E-state index contributed by atoms with van der Waals surface area (Å²) in [6.07, 6.45) is 1.74. The second kappa shape index (κ2) is 4.72. The Balaban J connectivity index is 2.73. The maximum Gasteiger partial charge on any atom is 0.130 e. The van der Waals surface area contributed by atoms with E-state index in [1.165, 1.54) is 5.56 Å². The Morgan fingerprint density at radius 2 is 2.06 bits per heavy atom. The van der Waals surface area contributed by atoms with Gasteiger partial charge in [0.05, 0.1) is 13.3 Å². The minimum Gasteiger partial charge on any atom is -0.496 e. The predicted molar refractivity (Wildman–Crippen MR) is 73.8 cm³/mol. The van der Waals surface area contributed by atoms with Gasteiger partial charge in [0.2, 0.25) is 0 Å². The molecule has 4 nitrogen and oxygen atoms in total. The third-order valence-electron chi connectivity index (χ3n) is 3.16. The number of nitrogen functional groups attached to an aromatic ring is 1. The lowest BCUT2D eigenvalue weighted by Gasteiger charge is -2.17. The maximum atomic E-state index is 5.92. The van der Waals surface area contributed by atoms with Crippen LogP contribution in [0, 0.1) is 6.92 Å². The van der Waals surface area contributed by atoms with E-state index < -0.39 is 0 Å². The first-order valence-corrected chi connectivity index (χ1v) is 6.03. The first-order chi connectivity index (χ1) is 8.56. The molecule has 1 aromatic heterocycles. The van der Waals surface area contributed by atoms with Gasteiger partial charge in [0, 0.05) is 11.1 Å². The van der Waals surface area contributed by atoms with Crippen molar-refractivity contribution in [3.05, 3.63) is 29.5 Å². The molecule has 0 atom stereocenters. The van der Waals surface area contributed by atoms with Crippen molar-refractivity contribution in [2.24, 2.45) is 0 Å². The fourth-order valence-electron chi connectivity index (χ4n) is 2.20. The molecule has 0 bridgehead atoms. The molecule has 96 valence electrons. The standard InChI is InChI=1S/C14H19N3O/c1-8(2)10-6-5-9(3)12(13(10)18-4)11-7-16-17-14(11)15/h5-8H,1-4H3,(H3,15,16,17). The minimum absolute atomic E-state index is 0.396. The number of nitrogens with zero attached hydrogens (tertiary/aromatic N) is 1. The highest BCUT2D eigenvalue weighted by molar-refractivity contribution is 5.81. The smallest absolute Gasteiger partial charge is 0.130 e. The van der Waals surface area contributed by atoms with Crippen molar-refractivity contribution in [2.75, 3.05) is 12.8 Å². The Labute approximate surface area is 107 Å². The quantitative estimate of drug-likeness (QED) is 0.873. The molecule has 2 rings (SSSR count). The van der Waals surface area contributed by atoms with Crippen molar-refractivity contribution in [2.45, 2.75) is 26.7 Å². The summed E-state index contributed by atoms with van der Waals surface area (Å²) >= 11 is 0. The van der Waals surface area contributed by atoms with E-state index in [1.807, 2.05) is 0 Å². The summed E-state index contributed by atoms with van der Waals surface area (Å²) in [5.41, 5.74) is 10.1. The van der Waals surface area contributed by atoms with Crippen molar-refractivity contribution in [1.29, 1.82) is 0 Å². The second-order valence-electron chi connectivity index (χ2n) is 4.73. The SMILES string of the molecule is COc1c(C(C)C)ccc(C)c1-c1cn[nH]c1N. The van der Waals surface area contributed by atoms with E-state index in [0.29, 0.717) is 11.7 Å². The van der Waals surface area contributed by atoms with Crippen LogP contribution in [0.4, 0.5) is 5.82 Å². The molecule has 1 aromatic carbocycles. The molecule has 1 heterocycles. The van der Waals surface area contributed by atoms with Crippen LogP contribution in [0.3, 0.4) is 0 Å². The molecule has 4 heteroatoms. The summed E-state index contributed by atoms with van der Waals surface area (Å²) in [6.45, 7) is 6.35. The lowest BCUT2D eigenvalue weighted by atomic mass is 9.93. The Morgan fingerprint density at radius 3 is 2.56 bits per heavy atom. The van der Waals surface area contributed by atoms with Crippen LogP contribution >= 0.6 is 0 Å². The fourth-order valence-corrected chi connectivity index (χ4v) is 2.20. The molecule has 2 aromatic rings. The molecule has 0 saturated carbocycles. The molecule has 0 saturated heterocycles. The van der Waals surface area contributed by atoms with Crippen LogP contribution in [0.5, 0.6) is 5.75 Å². The number of aryl methyl sites for hydroxylation is 1. The van der Waals surface area contributed by atoms with Gasteiger partial charge in [0.1, 0.15) is 11.6 Å². The molecule has 0 amide bonds. The third kappa shape index (κ3) is 1.94. The average Bonchev–Trinajstić information content (AvgIpc) is 2.74. The van der Waals surface area contributed by atoms with Crippen LogP contribution in [0.2, 0.25) is 0 Å². The van der Waals surface area contributed by atoms with E-state index in [-0.39, 0.29) is 0 Å². The number of methoxy groups -OCH3 is 1. The summed E-state index contributed by atoms with van der Waals surface area (Å²) in [5, 5.41) is 6.75. The lowest BCUT2D eigenvalue weighted by molar-refractivity contribution is 0.409. The monoisotopic (exact) mass is 245 g/mol. The van der Waals surface area contributed by atoms with Crippen LogP contribution in [-0.2, 0) is 0 Å². The molecule has 18 heavy (non-hydrogen) atoms. The fraction of sp³-hybridized carbons (Fsp3) is 0.357. The zero-order valence-corrected chi connectivity index (χ0v) is 11.2. The van der Waals surface area contributed by atoms with Gasteiger partial charge in [-0.05, 0) is 24.0 Å². The molecule has 3 N–H and O–H groups in total. The molecule has 0 fully saturated rings. The van der Waals surface area contributed by atoms with Crippen LogP contribution in [0.25, 0.3) is 11.1 Å². The van der Waals surface area contributed by atoms with Crippen molar-refractivity contribution in [1.82, 2.24) is 10.2 Å².